The molecule has 0 bridgehead atoms. The molecular weight excluding hydrogens is 384 g/mol. The molecule has 0 heterocycles. The maximum absolute atomic E-state index is 12.2. The minimum absolute atomic E-state index is 0.0421. The second-order valence-electron chi connectivity index (χ2n) is 6.29. The van der Waals surface area contributed by atoms with Crippen LogP contribution in [0.1, 0.15) is 0 Å². The van der Waals surface area contributed by atoms with Crippen LogP contribution in [-0.2, 0) is 14.3 Å². The highest BCUT2D eigenvalue weighted by molar-refractivity contribution is 5.95. The molecule has 7 nitrogen and oxygen atoms in total. The summed E-state index contributed by atoms with van der Waals surface area (Å²) in [7, 11) is 1.44. The standard InChI is InChI=1S/C23H22N2O5/c1-28-15-22(26)24-17-6-5-7-18(14-17)25-23(27)16-29-19-10-12-21(13-11-19)30-20-8-3-2-4-9-20/h2-14H,15-16H2,1H3,(H,24,26)(H,25,27). The number of methoxy groups -OCH3 is 1. The van der Waals surface area contributed by atoms with Crippen LogP contribution < -0.4 is 20.1 Å². The van der Waals surface area contributed by atoms with Crippen molar-refractivity contribution in [1.82, 2.24) is 0 Å². The molecule has 0 unspecified atom stereocenters. The molecule has 3 aromatic carbocycles. The molecule has 2 N–H and O–H groups in total. The summed E-state index contributed by atoms with van der Waals surface area (Å²) in [5, 5.41) is 5.41. The highest BCUT2D eigenvalue weighted by Gasteiger charge is 2.07. The fraction of sp³-hybridized carbons (Fsp3) is 0.130. The summed E-state index contributed by atoms with van der Waals surface area (Å²) in [5.74, 6) is 1.37. The monoisotopic (exact) mass is 406 g/mol. The van der Waals surface area contributed by atoms with Gasteiger partial charge >= 0.3 is 0 Å². The van der Waals surface area contributed by atoms with E-state index in [1.165, 1.54) is 7.11 Å². The highest BCUT2D eigenvalue weighted by atomic mass is 16.5. The number of rotatable bonds is 9. The Morgan fingerprint density at radius 2 is 1.27 bits per heavy atom. The molecule has 0 spiro atoms. The van der Waals surface area contributed by atoms with Crippen LogP contribution in [0.25, 0.3) is 0 Å². The fourth-order valence-corrected chi connectivity index (χ4v) is 2.58. The predicted molar refractivity (Wildman–Crippen MR) is 114 cm³/mol. The first-order valence-electron chi connectivity index (χ1n) is 9.27. The first-order chi connectivity index (χ1) is 14.6. The summed E-state index contributed by atoms with van der Waals surface area (Å²) in [6, 6.07) is 23.3. The van der Waals surface area contributed by atoms with Crippen LogP contribution in [0, 0.1) is 0 Å². The molecule has 0 aliphatic heterocycles. The minimum Gasteiger partial charge on any atom is -0.484 e. The molecule has 7 heteroatoms. The van der Waals surface area contributed by atoms with Crippen molar-refractivity contribution in [2.75, 3.05) is 31.0 Å². The number of anilines is 2. The number of nitrogens with one attached hydrogen (secondary N) is 2. The molecule has 0 aromatic heterocycles. The lowest BCUT2D eigenvalue weighted by Crippen LogP contribution is -2.20. The normalized spacial score (nSPS) is 10.2. The van der Waals surface area contributed by atoms with Gasteiger partial charge in [-0.05, 0) is 54.6 Å². The molecule has 0 radical (unpaired) electrons. The molecular formula is C23H22N2O5. The van der Waals surface area contributed by atoms with E-state index in [9.17, 15) is 9.59 Å². The van der Waals surface area contributed by atoms with Gasteiger partial charge in [-0.3, -0.25) is 9.59 Å². The van der Waals surface area contributed by atoms with E-state index in [2.05, 4.69) is 10.6 Å². The van der Waals surface area contributed by atoms with Gasteiger partial charge in [0.1, 0.15) is 23.9 Å². The average Bonchev–Trinajstić information content (AvgIpc) is 2.74. The van der Waals surface area contributed by atoms with Crippen LogP contribution in [0.3, 0.4) is 0 Å². The van der Waals surface area contributed by atoms with E-state index in [1.54, 1.807) is 48.5 Å². The largest absolute Gasteiger partial charge is 0.484 e. The molecule has 0 saturated carbocycles. The van der Waals surface area contributed by atoms with Crippen molar-refractivity contribution >= 4 is 23.2 Å². The Hall–Kier alpha value is -3.84. The fourth-order valence-electron chi connectivity index (χ4n) is 2.58. The van der Waals surface area contributed by atoms with Gasteiger partial charge in [0, 0.05) is 18.5 Å². The van der Waals surface area contributed by atoms with Gasteiger partial charge in [-0.25, -0.2) is 0 Å². The predicted octanol–water partition coefficient (Wildman–Crippen LogP) is 4.08. The van der Waals surface area contributed by atoms with Crippen LogP contribution in [0.4, 0.5) is 11.4 Å². The van der Waals surface area contributed by atoms with E-state index in [0.717, 1.165) is 5.75 Å². The van der Waals surface area contributed by atoms with Gasteiger partial charge in [0.25, 0.3) is 5.91 Å². The summed E-state index contributed by atoms with van der Waals surface area (Å²) in [4.78, 5) is 23.7. The summed E-state index contributed by atoms with van der Waals surface area (Å²) in [5.41, 5.74) is 1.11. The van der Waals surface area contributed by atoms with Gasteiger partial charge in [0.15, 0.2) is 6.61 Å². The van der Waals surface area contributed by atoms with E-state index in [4.69, 9.17) is 14.2 Å². The van der Waals surface area contributed by atoms with E-state index < -0.39 is 0 Å². The topological polar surface area (TPSA) is 85.9 Å². The number of para-hydroxylation sites is 1. The minimum atomic E-state index is -0.319. The number of ether oxygens (including phenoxy) is 3. The SMILES string of the molecule is COCC(=O)Nc1cccc(NC(=O)COc2ccc(Oc3ccccc3)cc2)c1. The molecule has 3 rings (SSSR count). The molecule has 0 aliphatic carbocycles. The van der Waals surface area contributed by atoms with Gasteiger partial charge in [-0.15, -0.1) is 0 Å². The number of amides is 2. The Bertz CT molecular complexity index is 974. The zero-order chi connectivity index (χ0) is 21.2. The molecule has 2 amide bonds. The van der Waals surface area contributed by atoms with Crippen molar-refractivity contribution in [2.45, 2.75) is 0 Å². The van der Waals surface area contributed by atoms with Crippen LogP contribution >= 0.6 is 0 Å². The number of hydrogen-bond donors (Lipinski definition) is 2. The number of carbonyl (C=O) groups excluding carboxylic acids is 2. The van der Waals surface area contributed by atoms with Gasteiger partial charge in [0.05, 0.1) is 0 Å². The van der Waals surface area contributed by atoms with E-state index >= 15 is 0 Å². The number of hydrogen-bond acceptors (Lipinski definition) is 5. The van der Waals surface area contributed by atoms with E-state index in [-0.39, 0.29) is 25.0 Å². The van der Waals surface area contributed by atoms with Gasteiger partial charge in [-0.1, -0.05) is 24.3 Å². The second-order valence-corrected chi connectivity index (χ2v) is 6.29. The quantitative estimate of drug-likeness (QED) is 0.559. The van der Waals surface area contributed by atoms with Crippen LogP contribution in [-0.4, -0.2) is 32.1 Å². The summed E-state index contributed by atoms with van der Waals surface area (Å²) >= 11 is 0. The molecule has 0 atom stereocenters. The van der Waals surface area contributed by atoms with E-state index in [1.807, 2.05) is 30.3 Å². The van der Waals surface area contributed by atoms with Gasteiger partial charge < -0.3 is 24.8 Å². The lowest BCUT2D eigenvalue weighted by molar-refractivity contribution is -0.119. The second kappa shape index (κ2) is 10.6. The van der Waals surface area contributed by atoms with Crippen LogP contribution in [0.2, 0.25) is 0 Å². The smallest absolute Gasteiger partial charge is 0.262 e. The third-order valence-corrected chi connectivity index (χ3v) is 3.88. The van der Waals surface area contributed by atoms with Gasteiger partial charge in [-0.2, -0.15) is 0 Å². The lowest BCUT2D eigenvalue weighted by Gasteiger charge is -2.10. The Kier molecular flexibility index (Phi) is 7.40. The third-order valence-electron chi connectivity index (χ3n) is 3.88. The molecule has 0 saturated heterocycles. The Balaban J connectivity index is 1.48. The lowest BCUT2D eigenvalue weighted by atomic mass is 10.2. The molecule has 0 fully saturated rings. The molecule has 30 heavy (non-hydrogen) atoms. The maximum Gasteiger partial charge on any atom is 0.262 e. The van der Waals surface area contributed by atoms with Crippen molar-refractivity contribution in [3.8, 4) is 17.2 Å². The molecule has 154 valence electrons. The number of carbonyl (C=O) groups is 2. The first kappa shape index (κ1) is 20.9. The summed E-state index contributed by atoms with van der Waals surface area (Å²) in [6.07, 6.45) is 0. The van der Waals surface area contributed by atoms with Gasteiger partial charge in [0.2, 0.25) is 5.91 Å². The highest BCUT2D eigenvalue weighted by Crippen LogP contribution is 2.23. The van der Waals surface area contributed by atoms with Crippen LogP contribution in [0.15, 0.2) is 78.9 Å². The van der Waals surface area contributed by atoms with Crippen LogP contribution in [0.5, 0.6) is 17.2 Å². The Morgan fingerprint density at radius 3 is 1.90 bits per heavy atom. The van der Waals surface area contributed by atoms with Crippen molar-refractivity contribution in [3.05, 3.63) is 78.9 Å². The first-order valence-corrected chi connectivity index (χ1v) is 9.27. The Labute approximate surface area is 174 Å². The zero-order valence-corrected chi connectivity index (χ0v) is 16.5. The summed E-state index contributed by atoms with van der Waals surface area (Å²) < 4.78 is 16.0. The summed E-state index contributed by atoms with van der Waals surface area (Å²) in [6.45, 7) is -0.196. The van der Waals surface area contributed by atoms with E-state index in [0.29, 0.717) is 22.9 Å². The average molecular weight is 406 g/mol. The van der Waals surface area contributed by atoms with Crippen molar-refractivity contribution < 1.29 is 23.8 Å². The third kappa shape index (κ3) is 6.65. The zero-order valence-electron chi connectivity index (χ0n) is 16.5. The Morgan fingerprint density at radius 1 is 0.700 bits per heavy atom. The number of benzene rings is 3. The molecule has 3 aromatic rings. The van der Waals surface area contributed by atoms with Crippen molar-refractivity contribution in [3.63, 3.8) is 0 Å². The molecule has 0 aliphatic rings. The van der Waals surface area contributed by atoms with Crippen molar-refractivity contribution in [2.24, 2.45) is 0 Å². The maximum atomic E-state index is 12.2. The van der Waals surface area contributed by atoms with Crippen molar-refractivity contribution in [1.29, 1.82) is 0 Å².